The number of ether oxygens (including phenoxy) is 3. The van der Waals surface area contributed by atoms with Gasteiger partial charge < -0.3 is 18.8 Å². The Hall–Kier alpha value is -2.58. The summed E-state index contributed by atoms with van der Waals surface area (Å²) in [7, 11) is 0. The van der Waals surface area contributed by atoms with E-state index < -0.39 is 28.8 Å². The zero-order chi connectivity index (χ0) is 28.3. The van der Waals surface area contributed by atoms with Crippen molar-refractivity contribution < 1.29 is 28.6 Å². The Morgan fingerprint density at radius 1 is 1.03 bits per heavy atom. The van der Waals surface area contributed by atoms with E-state index in [1.807, 2.05) is 19.4 Å². The van der Waals surface area contributed by atoms with E-state index >= 15 is 0 Å². The fourth-order valence-electron chi connectivity index (χ4n) is 5.30. The molecule has 0 bridgehead atoms. The van der Waals surface area contributed by atoms with Crippen molar-refractivity contribution in [2.75, 3.05) is 13.2 Å². The standard InChI is InChI=1S/C29H47N3O6/c1-9-36-24(33)29(23-18-31(19-30-23)22-14-12-20(2)13-15-22)17-21(29)11-10-16-32(25(34)37-27(3,4)5)26(35)38-28(6,7)8/h18-22H,9-17H2,1-8H3. The van der Waals surface area contributed by atoms with Gasteiger partial charge in [0.25, 0.3) is 0 Å². The number of hydrogen-bond acceptors (Lipinski definition) is 7. The third-order valence-electron chi connectivity index (χ3n) is 7.37. The molecule has 1 aromatic heterocycles. The van der Waals surface area contributed by atoms with Crippen LogP contribution in [0.2, 0.25) is 0 Å². The number of esters is 1. The van der Waals surface area contributed by atoms with Crippen LogP contribution in [0.4, 0.5) is 9.59 Å². The van der Waals surface area contributed by atoms with Gasteiger partial charge in [0.05, 0.1) is 18.6 Å². The lowest BCUT2D eigenvalue weighted by molar-refractivity contribution is -0.146. The number of imidazole rings is 1. The zero-order valence-electron chi connectivity index (χ0n) is 24.5. The number of aromatic nitrogens is 2. The molecular weight excluding hydrogens is 486 g/mol. The molecule has 2 aliphatic rings. The molecule has 2 unspecified atom stereocenters. The number of carbonyl (C=O) groups excluding carboxylic acids is 3. The summed E-state index contributed by atoms with van der Waals surface area (Å²) in [6, 6.07) is 0.417. The summed E-state index contributed by atoms with van der Waals surface area (Å²) in [6.07, 6.45) is 8.86. The highest BCUT2D eigenvalue weighted by Crippen LogP contribution is 2.57. The van der Waals surface area contributed by atoms with Crippen molar-refractivity contribution in [3.63, 3.8) is 0 Å². The van der Waals surface area contributed by atoms with Gasteiger partial charge >= 0.3 is 18.2 Å². The smallest absolute Gasteiger partial charge is 0.419 e. The molecule has 38 heavy (non-hydrogen) atoms. The third-order valence-corrected chi connectivity index (χ3v) is 7.37. The number of amides is 2. The van der Waals surface area contributed by atoms with Gasteiger partial charge in [0, 0.05) is 18.8 Å². The van der Waals surface area contributed by atoms with Crippen LogP contribution in [0.5, 0.6) is 0 Å². The van der Waals surface area contributed by atoms with E-state index in [-0.39, 0.29) is 18.4 Å². The van der Waals surface area contributed by atoms with Gasteiger partial charge in [-0.2, -0.15) is 0 Å². The molecule has 1 heterocycles. The van der Waals surface area contributed by atoms with Crippen LogP contribution in [-0.4, -0.2) is 57.0 Å². The second-order valence-electron chi connectivity index (χ2n) is 13.0. The molecule has 0 radical (unpaired) electrons. The second kappa shape index (κ2) is 11.7. The molecule has 2 amide bonds. The Morgan fingerprint density at radius 3 is 2.13 bits per heavy atom. The maximum Gasteiger partial charge on any atom is 0.419 e. The normalized spacial score (nSPS) is 25.4. The van der Waals surface area contributed by atoms with Crippen molar-refractivity contribution >= 4 is 18.2 Å². The van der Waals surface area contributed by atoms with Gasteiger partial charge in [-0.15, -0.1) is 0 Å². The number of hydrogen-bond donors (Lipinski definition) is 0. The van der Waals surface area contributed by atoms with Crippen molar-refractivity contribution in [1.29, 1.82) is 0 Å². The average Bonchev–Trinajstić information content (AvgIpc) is 3.30. The molecule has 0 spiro atoms. The van der Waals surface area contributed by atoms with Crippen molar-refractivity contribution in [2.24, 2.45) is 11.8 Å². The van der Waals surface area contributed by atoms with Gasteiger partial charge in [-0.25, -0.2) is 19.5 Å². The van der Waals surface area contributed by atoms with Gasteiger partial charge in [0.15, 0.2) is 0 Å². The lowest BCUT2D eigenvalue weighted by Crippen LogP contribution is -2.44. The van der Waals surface area contributed by atoms with E-state index in [1.54, 1.807) is 41.5 Å². The topological polar surface area (TPSA) is 100.0 Å². The van der Waals surface area contributed by atoms with Gasteiger partial charge in [-0.05, 0) is 105 Å². The quantitative estimate of drug-likeness (QED) is 0.281. The first-order valence-electron chi connectivity index (χ1n) is 14.1. The van der Waals surface area contributed by atoms with Crippen molar-refractivity contribution in [1.82, 2.24) is 14.5 Å². The van der Waals surface area contributed by atoms with Crippen LogP contribution in [0.3, 0.4) is 0 Å². The van der Waals surface area contributed by atoms with Crippen LogP contribution in [0, 0.1) is 11.8 Å². The molecule has 0 N–H and O–H groups in total. The molecular formula is C29H47N3O6. The Balaban J connectivity index is 1.69. The predicted octanol–water partition coefficient (Wildman–Crippen LogP) is 6.41. The monoisotopic (exact) mass is 533 g/mol. The first kappa shape index (κ1) is 30.0. The molecule has 9 nitrogen and oxygen atoms in total. The van der Waals surface area contributed by atoms with Gasteiger partial charge in [-0.3, -0.25) is 4.79 Å². The molecule has 1 aromatic rings. The highest BCUT2D eigenvalue weighted by Gasteiger charge is 2.63. The molecule has 2 aliphatic carbocycles. The maximum absolute atomic E-state index is 13.2. The molecule has 2 saturated carbocycles. The summed E-state index contributed by atoms with van der Waals surface area (Å²) in [5, 5.41) is 0. The Bertz CT molecular complexity index is 955. The summed E-state index contributed by atoms with van der Waals surface area (Å²) < 4.78 is 18.6. The molecule has 3 rings (SSSR count). The molecule has 0 aromatic carbocycles. The molecule has 2 atom stereocenters. The molecule has 9 heteroatoms. The summed E-state index contributed by atoms with van der Waals surface area (Å²) in [6.45, 7) is 15.1. The third kappa shape index (κ3) is 7.50. The van der Waals surface area contributed by atoms with Crippen molar-refractivity contribution in [3.8, 4) is 0 Å². The summed E-state index contributed by atoms with van der Waals surface area (Å²) in [5.74, 6) is 0.535. The van der Waals surface area contributed by atoms with Crippen LogP contribution in [0.15, 0.2) is 12.5 Å². The van der Waals surface area contributed by atoms with E-state index in [1.165, 1.54) is 12.8 Å². The minimum absolute atomic E-state index is 0.0235. The summed E-state index contributed by atoms with van der Waals surface area (Å²) in [4.78, 5) is 44.5. The number of nitrogens with zero attached hydrogens (tertiary/aromatic N) is 3. The van der Waals surface area contributed by atoms with E-state index in [0.29, 0.717) is 31.9 Å². The number of rotatable bonds is 8. The first-order valence-corrected chi connectivity index (χ1v) is 14.1. The van der Waals surface area contributed by atoms with Gasteiger partial charge in [0.2, 0.25) is 0 Å². The van der Waals surface area contributed by atoms with Crippen molar-refractivity contribution in [3.05, 3.63) is 18.2 Å². The number of carbonyl (C=O) groups is 3. The predicted molar refractivity (Wildman–Crippen MR) is 144 cm³/mol. The second-order valence-corrected chi connectivity index (χ2v) is 13.0. The van der Waals surface area contributed by atoms with Crippen molar-refractivity contribution in [2.45, 2.75) is 123 Å². The van der Waals surface area contributed by atoms with Crippen LogP contribution in [0.25, 0.3) is 0 Å². The van der Waals surface area contributed by atoms with Crippen LogP contribution < -0.4 is 0 Å². The fourth-order valence-corrected chi connectivity index (χ4v) is 5.30. The zero-order valence-corrected chi connectivity index (χ0v) is 24.5. The molecule has 214 valence electrons. The largest absolute Gasteiger partial charge is 0.465 e. The Labute approximate surface area is 227 Å². The Kier molecular flexibility index (Phi) is 9.20. The first-order chi connectivity index (χ1) is 17.7. The fraction of sp³-hybridized carbons (Fsp3) is 0.793. The summed E-state index contributed by atoms with van der Waals surface area (Å²) in [5.41, 5.74) is -1.51. The highest BCUT2D eigenvalue weighted by molar-refractivity contribution is 5.88. The molecule has 0 aliphatic heterocycles. The minimum Gasteiger partial charge on any atom is -0.465 e. The molecule has 0 saturated heterocycles. The minimum atomic E-state index is -0.772. The Morgan fingerprint density at radius 2 is 1.61 bits per heavy atom. The van der Waals surface area contributed by atoms with Crippen LogP contribution in [-0.2, 0) is 24.4 Å². The maximum atomic E-state index is 13.2. The SMILES string of the molecule is CCOC(=O)C1(c2cn(C3CCC(C)CC3)cn2)CC1CCCN(C(=O)OC(C)(C)C)C(=O)OC(C)(C)C. The summed E-state index contributed by atoms with van der Waals surface area (Å²) >= 11 is 0. The number of imide groups is 1. The van der Waals surface area contributed by atoms with Gasteiger partial charge in [-0.1, -0.05) is 6.92 Å². The molecule has 2 fully saturated rings. The highest BCUT2D eigenvalue weighted by atomic mass is 16.6. The van der Waals surface area contributed by atoms with E-state index in [2.05, 4.69) is 16.5 Å². The van der Waals surface area contributed by atoms with Crippen LogP contribution >= 0.6 is 0 Å². The van der Waals surface area contributed by atoms with Crippen LogP contribution in [0.1, 0.15) is 112 Å². The van der Waals surface area contributed by atoms with E-state index in [0.717, 1.165) is 29.4 Å². The van der Waals surface area contributed by atoms with E-state index in [4.69, 9.17) is 14.2 Å². The lowest BCUT2D eigenvalue weighted by atomic mass is 9.87. The average molecular weight is 534 g/mol. The lowest BCUT2D eigenvalue weighted by Gasteiger charge is -2.28. The van der Waals surface area contributed by atoms with Gasteiger partial charge in [0.1, 0.15) is 16.6 Å². The van der Waals surface area contributed by atoms with E-state index in [9.17, 15) is 14.4 Å².